The Labute approximate surface area is 97.6 Å². The van der Waals surface area contributed by atoms with E-state index in [9.17, 15) is 9.59 Å². The Morgan fingerprint density at radius 2 is 1.81 bits per heavy atom. The van der Waals surface area contributed by atoms with Crippen LogP contribution in [0.1, 0.15) is 53.4 Å². The normalized spacial score (nSPS) is 12.6. The lowest BCUT2D eigenvalue weighted by Gasteiger charge is -2.31. The van der Waals surface area contributed by atoms with Crippen LogP contribution in [0.4, 0.5) is 0 Å². The molecule has 4 heteroatoms. The van der Waals surface area contributed by atoms with E-state index in [1.165, 1.54) is 11.8 Å². The van der Waals surface area contributed by atoms with Crippen LogP contribution in [-0.2, 0) is 9.59 Å². The summed E-state index contributed by atoms with van der Waals surface area (Å²) >= 11 is 0. The van der Waals surface area contributed by atoms with E-state index in [1.54, 1.807) is 0 Å². The second-order valence-corrected chi connectivity index (χ2v) is 4.37. The Morgan fingerprint density at radius 1 is 1.25 bits per heavy atom. The number of hydrogen-bond acceptors (Lipinski definition) is 2. The van der Waals surface area contributed by atoms with Crippen molar-refractivity contribution in [3.05, 3.63) is 0 Å². The van der Waals surface area contributed by atoms with Crippen LogP contribution >= 0.6 is 0 Å². The van der Waals surface area contributed by atoms with E-state index in [1.807, 2.05) is 13.8 Å². The third kappa shape index (κ3) is 4.64. The number of carboxylic acid groups (broad SMARTS) is 1. The Hall–Kier alpha value is -1.06. The summed E-state index contributed by atoms with van der Waals surface area (Å²) in [4.78, 5) is 24.0. The van der Waals surface area contributed by atoms with Gasteiger partial charge in [-0.1, -0.05) is 26.2 Å². The van der Waals surface area contributed by atoms with Gasteiger partial charge in [-0.05, 0) is 20.3 Å². The molecular weight excluding hydrogens is 206 g/mol. The molecule has 0 heterocycles. The number of aliphatic carboxylic acids is 1. The van der Waals surface area contributed by atoms with Gasteiger partial charge in [-0.3, -0.25) is 4.79 Å². The van der Waals surface area contributed by atoms with Crippen LogP contribution in [0.5, 0.6) is 0 Å². The molecule has 0 aliphatic rings. The van der Waals surface area contributed by atoms with Crippen LogP contribution in [0.3, 0.4) is 0 Å². The van der Waals surface area contributed by atoms with Gasteiger partial charge in [-0.25, -0.2) is 4.79 Å². The highest BCUT2D eigenvalue weighted by atomic mass is 16.4. The summed E-state index contributed by atoms with van der Waals surface area (Å²) in [5, 5.41) is 9.15. The smallest absolute Gasteiger partial charge is 0.326 e. The number of rotatable bonds is 7. The standard InChI is InChI=1S/C12H23NO3/c1-5-6-7-8-11(12(15)16)13(9(2)3)10(4)14/h9,11H,5-8H2,1-4H3,(H,15,16). The van der Waals surface area contributed by atoms with Crippen molar-refractivity contribution in [3.63, 3.8) is 0 Å². The predicted molar refractivity (Wildman–Crippen MR) is 63.2 cm³/mol. The van der Waals surface area contributed by atoms with Crippen molar-refractivity contribution in [1.29, 1.82) is 0 Å². The highest BCUT2D eigenvalue weighted by Gasteiger charge is 2.28. The Bertz CT molecular complexity index is 238. The number of amides is 1. The highest BCUT2D eigenvalue weighted by molar-refractivity contribution is 5.82. The van der Waals surface area contributed by atoms with Gasteiger partial charge in [-0.2, -0.15) is 0 Å². The zero-order valence-electron chi connectivity index (χ0n) is 10.7. The third-order valence-corrected chi connectivity index (χ3v) is 2.62. The van der Waals surface area contributed by atoms with Gasteiger partial charge in [0.05, 0.1) is 0 Å². The van der Waals surface area contributed by atoms with Crippen LogP contribution in [0.15, 0.2) is 0 Å². The van der Waals surface area contributed by atoms with Crippen molar-refractivity contribution in [2.75, 3.05) is 0 Å². The van der Waals surface area contributed by atoms with E-state index in [4.69, 9.17) is 5.11 Å². The molecule has 1 atom stereocenters. The first-order valence-corrected chi connectivity index (χ1v) is 5.93. The van der Waals surface area contributed by atoms with Crippen molar-refractivity contribution in [1.82, 2.24) is 4.90 Å². The average molecular weight is 229 g/mol. The number of unbranched alkanes of at least 4 members (excludes halogenated alkanes) is 2. The maximum atomic E-state index is 11.4. The minimum absolute atomic E-state index is 0.0692. The number of carbonyl (C=O) groups is 2. The molecule has 0 aliphatic heterocycles. The molecule has 0 bridgehead atoms. The fourth-order valence-corrected chi connectivity index (χ4v) is 1.91. The summed E-state index contributed by atoms with van der Waals surface area (Å²) < 4.78 is 0. The van der Waals surface area contributed by atoms with E-state index in [0.717, 1.165) is 19.3 Å². The minimum Gasteiger partial charge on any atom is -0.480 e. The first-order chi connectivity index (χ1) is 7.41. The zero-order chi connectivity index (χ0) is 12.7. The zero-order valence-corrected chi connectivity index (χ0v) is 10.7. The molecule has 0 spiro atoms. The van der Waals surface area contributed by atoms with E-state index in [2.05, 4.69) is 6.92 Å². The monoisotopic (exact) mass is 229 g/mol. The molecule has 1 N–H and O–H groups in total. The van der Waals surface area contributed by atoms with Crippen molar-refractivity contribution in [2.24, 2.45) is 0 Å². The molecule has 0 aromatic heterocycles. The lowest BCUT2D eigenvalue weighted by molar-refractivity contribution is -0.151. The van der Waals surface area contributed by atoms with Crippen LogP contribution in [0.25, 0.3) is 0 Å². The molecule has 0 aromatic carbocycles. The van der Waals surface area contributed by atoms with Gasteiger partial charge >= 0.3 is 5.97 Å². The molecule has 94 valence electrons. The molecule has 4 nitrogen and oxygen atoms in total. The average Bonchev–Trinajstić information content (AvgIpc) is 2.14. The van der Waals surface area contributed by atoms with Crippen LogP contribution in [0.2, 0.25) is 0 Å². The van der Waals surface area contributed by atoms with Gasteiger partial charge in [0.2, 0.25) is 5.91 Å². The van der Waals surface area contributed by atoms with E-state index >= 15 is 0 Å². The fourth-order valence-electron chi connectivity index (χ4n) is 1.91. The number of carbonyl (C=O) groups excluding carboxylic acids is 1. The minimum atomic E-state index is -0.903. The molecule has 0 radical (unpaired) electrons. The summed E-state index contributed by atoms with van der Waals surface area (Å²) in [6, 6.07) is -0.746. The molecule has 1 unspecified atom stereocenters. The SMILES string of the molecule is CCCCCC(C(=O)O)N(C(C)=O)C(C)C. The maximum absolute atomic E-state index is 11.4. The molecule has 1 amide bonds. The van der Waals surface area contributed by atoms with Crippen LogP contribution in [0, 0.1) is 0 Å². The summed E-state index contributed by atoms with van der Waals surface area (Å²) in [6.45, 7) is 7.19. The van der Waals surface area contributed by atoms with Crippen molar-refractivity contribution in [2.45, 2.75) is 65.5 Å². The van der Waals surface area contributed by atoms with E-state index < -0.39 is 12.0 Å². The molecule has 0 saturated carbocycles. The first kappa shape index (κ1) is 14.9. The molecule has 16 heavy (non-hydrogen) atoms. The summed E-state index contributed by atoms with van der Waals surface area (Å²) in [6.07, 6.45) is 3.45. The van der Waals surface area contributed by atoms with Gasteiger partial charge in [0.25, 0.3) is 0 Å². The van der Waals surface area contributed by atoms with Crippen LogP contribution < -0.4 is 0 Å². The molecule has 0 aliphatic carbocycles. The summed E-state index contributed by atoms with van der Waals surface area (Å²) in [5.41, 5.74) is 0. The van der Waals surface area contributed by atoms with Gasteiger partial charge in [0.1, 0.15) is 6.04 Å². The molecule has 0 aromatic rings. The topological polar surface area (TPSA) is 57.6 Å². The van der Waals surface area contributed by atoms with Gasteiger partial charge in [-0.15, -0.1) is 0 Å². The maximum Gasteiger partial charge on any atom is 0.326 e. The van der Waals surface area contributed by atoms with Crippen molar-refractivity contribution >= 4 is 11.9 Å². The highest BCUT2D eigenvalue weighted by Crippen LogP contribution is 2.14. The number of nitrogens with zero attached hydrogens (tertiary/aromatic N) is 1. The number of carboxylic acids is 1. The summed E-state index contributed by atoms with van der Waals surface area (Å²) in [5.74, 6) is -1.07. The lowest BCUT2D eigenvalue weighted by atomic mass is 10.1. The molecule has 0 rings (SSSR count). The Morgan fingerprint density at radius 3 is 2.12 bits per heavy atom. The fraction of sp³-hybridized carbons (Fsp3) is 0.833. The quantitative estimate of drug-likeness (QED) is 0.681. The Balaban J connectivity index is 4.59. The number of hydrogen-bond donors (Lipinski definition) is 1. The van der Waals surface area contributed by atoms with Crippen molar-refractivity contribution < 1.29 is 14.7 Å². The van der Waals surface area contributed by atoms with Crippen molar-refractivity contribution in [3.8, 4) is 0 Å². The second-order valence-electron chi connectivity index (χ2n) is 4.37. The van der Waals surface area contributed by atoms with Gasteiger partial charge in [0.15, 0.2) is 0 Å². The Kier molecular flexibility index (Phi) is 6.77. The first-order valence-electron chi connectivity index (χ1n) is 5.93. The second kappa shape index (κ2) is 7.25. The molecular formula is C12H23NO3. The molecule has 0 fully saturated rings. The largest absolute Gasteiger partial charge is 0.480 e. The van der Waals surface area contributed by atoms with Gasteiger partial charge in [0, 0.05) is 13.0 Å². The molecule has 0 saturated heterocycles. The van der Waals surface area contributed by atoms with Crippen LogP contribution in [-0.4, -0.2) is 34.0 Å². The van der Waals surface area contributed by atoms with E-state index in [0.29, 0.717) is 6.42 Å². The van der Waals surface area contributed by atoms with E-state index in [-0.39, 0.29) is 11.9 Å². The van der Waals surface area contributed by atoms with Gasteiger partial charge < -0.3 is 10.0 Å². The summed E-state index contributed by atoms with van der Waals surface area (Å²) in [7, 11) is 0. The lowest BCUT2D eigenvalue weighted by Crippen LogP contribution is -2.47. The third-order valence-electron chi connectivity index (χ3n) is 2.62. The predicted octanol–water partition coefficient (Wildman–Crippen LogP) is 2.28.